The topological polar surface area (TPSA) is 143 Å². The molecule has 6 rings (SSSR count). The molecule has 0 aromatic heterocycles. The number of hydrogen-bond acceptors (Lipinski definition) is 7. The Morgan fingerprint density at radius 2 is 1.55 bits per heavy atom. The van der Waals surface area contributed by atoms with Crippen LogP contribution in [-0.4, -0.2) is 111 Å². The molecule has 4 N–H and O–H groups in total. The van der Waals surface area contributed by atoms with Crippen LogP contribution in [0.4, 0.5) is 29.3 Å². The number of aromatic hydroxyl groups is 2. The third-order valence-corrected chi connectivity index (χ3v) is 12.7. The number of nitrogens with one attached hydrogen (secondary N) is 2. The lowest BCUT2D eigenvalue weighted by Gasteiger charge is -2.35. The largest absolute Gasteiger partial charge is 0.504 e. The van der Waals surface area contributed by atoms with Gasteiger partial charge in [0.2, 0.25) is 10.0 Å². The first-order valence-corrected chi connectivity index (χ1v) is 19.4. The van der Waals surface area contributed by atoms with Crippen molar-refractivity contribution in [3.63, 3.8) is 0 Å². The summed E-state index contributed by atoms with van der Waals surface area (Å²) in [6, 6.07) is 10.2. The van der Waals surface area contributed by atoms with E-state index in [1.807, 2.05) is 0 Å². The average molecular weight is 801 g/mol. The molecule has 0 bridgehead atoms. The number of urea groups is 1. The van der Waals surface area contributed by atoms with E-state index in [2.05, 4.69) is 10.6 Å². The van der Waals surface area contributed by atoms with Crippen LogP contribution < -0.4 is 20.4 Å². The molecule has 12 nitrogen and oxygen atoms in total. The number of anilines is 2. The first-order chi connectivity index (χ1) is 25.1. The summed E-state index contributed by atoms with van der Waals surface area (Å²) in [5, 5.41) is 25.0. The molecular formula is C35H40Cl2F3N6O6S+. The van der Waals surface area contributed by atoms with Gasteiger partial charge in [0, 0.05) is 62.0 Å². The summed E-state index contributed by atoms with van der Waals surface area (Å²) in [6.07, 6.45) is -2.05. The molecule has 3 heterocycles. The molecular weight excluding hydrogens is 760 g/mol. The molecule has 0 unspecified atom stereocenters. The molecule has 18 heteroatoms. The monoisotopic (exact) mass is 799 g/mol. The fourth-order valence-electron chi connectivity index (χ4n) is 7.30. The van der Waals surface area contributed by atoms with Crippen molar-refractivity contribution in [3.05, 3.63) is 75.3 Å². The quantitative estimate of drug-likeness (QED) is 0.166. The molecule has 3 aliphatic rings. The van der Waals surface area contributed by atoms with Gasteiger partial charge in [-0.3, -0.25) is 9.69 Å². The Hall–Kier alpha value is -3.96. The lowest BCUT2D eigenvalue weighted by Crippen LogP contribution is -2.53. The second kappa shape index (κ2) is 15.4. The van der Waals surface area contributed by atoms with Crippen molar-refractivity contribution < 1.29 is 45.9 Å². The maximum atomic E-state index is 13.6. The Morgan fingerprint density at radius 3 is 2.23 bits per heavy atom. The molecule has 286 valence electrons. The normalized spacial score (nSPS) is 17.5. The van der Waals surface area contributed by atoms with Crippen LogP contribution in [-0.2, 0) is 22.6 Å². The lowest BCUT2D eigenvalue weighted by molar-refractivity contribution is -0.914. The minimum atomic E-state index is -4.56. The van der Waals surface area contributed by atoms with Gasteiger partial charge in [0.25, 0.3) is 5.91 Å². The van der Waals surface area contributed by atoms with E-state index in [0.29, 0.717) is 49.3 Å². The first-order valence-electron chi connectivity index (χ1n) is 17.2. The Balaban J connectivity index is 1.01. The number of carbonyl (C=O) groups excluding carboxylic acids is 2. The van der Waals surface area contributed by atoms with E-state index in [1.165, 1.54) is 28.6 Å². The third kappa shape index (κ3) is 8.41. The van der Waals surface area contributed by atoms with Crippen LogP contribution >= 0.6 is 23.2 Å². The standard InChI is InChI=1S/C35H39Cl2F3N6O6S/c36-25-20-24(35(38,39)40)21-26(22-25)43-11-13-44(14-12-43)53(51,52)27-3-5-29-23(19-27)7-10-45(29)34(50)42-9-18-46(15-1-2-16-46)17-8-41-33(49)28-4-6-30(47)32(48)31(28)37/h3-6,19-22H,1-2,7-18H2,(H3-,41,42,47,48,49,50)/p+1. The van der Waals surface area contributed by atoms with E-state index < -0.39 is 39.2 Å². The SMILES string of the molecule is O=C(NCC[N+]1(CCNC(=O)N2CCc3cc(S(=O)(=O)N4CCN(c5cc(Cl)cc(C(F)(F)F)c5)CC4)ccc32)CCCC1)c1ccc(O)c(O)c1Cl. The summed E-state index contributed by atoms with van der Waals surface area (Å²) in [4.78, 5) is 29.4. The summed E-state index contributed by atoms with van der Waals surface area (Å²) in [5.41, 5.74) is 0.810. The molecule has 3 aromatic rings. The number of phenols is 2. The number of sulfonamides is 1. The number of amides is 3. The van der Waals surface area contributed by atoms with Gasteiger partial charge >= 0.3 is 12.2 Å². The van der Waals surface area contributed by atoms with Crippen LogP contribution in [0.25, 0.3) is 0 Å². The van der Waals surface area contributed by atoms with Gasteiger partial charge in [-0.05, 0) is 60.5 Å². The predicted molar refractivity (Wildman–Crippen MR) is 194 cm³/mol. The third-order valence-electron chi connectivity index (χ3n) is 10.2. The number of phenolic OH excluding ortho intramolecular Hbond substituents is 2. The van der Waals surface area contributed by atoms with Crippen molar-refractivity contribution in [2.45, 2.75) is 30.3 Å². The van der Waals surface area contributed by atoms with Crippen molar-refractivity contribution in [1.29, 1.82) is 0 Å². The van der Waals surface area contributed by atoms with Crippen LogP contribution in [0.3, 0.4) is 0 Å². The molecule has 0 atom stereocenters. The molecule has 0 aliphatic carbocycles. The van der Waals surface area contributed by atoms with Gasteiger partial charge in [0.15, 0.2) is 11.5 Å². The van der Waals surface area contributed by atoms with Gasteiger partial charge < -0.3 is 30.2 Å². The second-order valence-electron chi connectivity index (χ2n) is 13.5. The number of carbonyl (C=O) groups is 2. The van der Waals surface area contributed by atoms with Crippen molar-refractivity contribution in [3.8, 4) is 11.5 Å². The molecule has 2 saturated heterocycles. The van der Waals surface area contributed by atoms with Crippen molar-refractivity contribution >= 4 is 56.5 Å². The van der Waals surface area contributed by atoms with Gasteiger partial charge in [0.1, 0.15) is 0 Å². The number of benzene rings is 3. The summed E-state index contributed by atoms with van der Waals surface area (Å²) in [6.45, 7) is 4.69. The van der Waals surface area contributed by atoms with Crippen LogP contribution in [0.2, 0.25) is 10.0 Å². The number of likely N-dealkylation sites (tertiary alicyclic amines) is 1. The van der Waals surface area contributed by atoms with Crippen molar-refractivity contribution in [1.82, 2.24) is 14.9 Å². The molecule has 0 radical (unpaired) electrons. The first kappa shape index (κ1) is 38.8. The van der Waals surface area contributed by atoms with Gasteiger partial charge in [-0.2, -0.15) is 17.5 Å². The highest BCUT2D eigenvalue weighted by Crippen LogP contribution is 2.37. The van der Waals surface area contributed by atoms with E-state index in [-0.39, 0.29) is 58.4 Å². The van der Waals surface area contributed by atoms with Crippen LogP contribution in [0.1, 0.15) is 34.3 Å². The number of nitrogens with zero attached hydrogens (tertiary/aromatic N) is 4. The smallest absolute Gasteiger partial charge is 0.416 e. The molecule has 0 saturated carbocycles. The summed E-state index contributed by atoms with van der Waals surface area (Å²) < 4.78 is 69.2. The number of quaternary nitrogens is 1. The Labute approximate surface area is 315 Å². The van der Waals surface area contributed by atoms with Crippen LogP contribution in [0.5, 0.6) is 11.5 Å². The number of fused-ring (bicyclic) bond motifs is 1. The number of piperazine rings is 1. The highest BCUT2D eigenvalue weighted by Gasteiger charge is 2.35. The van der Waals surface area contributed by atoms with Gasteiger partial charge in [-0.1, -0.05) is 23.2 Å². The van der Waals surface area contributed by atoms with Crippen molar-refractivity contribution in [2.75, 3.05) is 81.8 Å². The fraction of sp³-hybridized carbons (Fsp3) is 0.429. The summed E-state index contributed by atoms with van der Waals surface area (Å²) in [7, 11) is -3.91. The van der Waals surface area contributed by atoms with E-state index in [4.69, 9.17) is 23.2 Å². The van der Waals surface area contributed by atoms with Crippen molar-refractivity contribution in [2.24, 2.45) is 0 Å². The van der Waals surface area contributed by atoms with Crippen LogP contribution in [0.15, 0.2) is 53.4 Å². The summed E-state index contributed by atoms with van der Waals surface area (Å²) >= 11 is 12.0. The maximum Gasteiger partial charge on any atom is 0.416 e. The molecule has 3 aromatic carbocycles. The lowest BCUT2D eigenvalue weighted by atomic mass is 10.1. The zero-order chi connectivity index (χ0) is 38.1. The zero-order valence-electron chi connectivity index (χ0n) is 28.6. The Morgan fingerprint density at radius 1 is 0.868 bits per heavy atom. The van der Waals surface area contributed by atoms with Gasteiger partial charge in [0.05, 0.1) is 60.3 Å². The number of alkyl halides is 3. The average Bonchev–Trinajstić information content (AvgIpc) is 3.77. The van der Waals surface area contributed by atoms with E-state index in [9.17, 15) is 41.4 Å². The minimum Gasteiger partial charge on any atom is -0.504 e. The Kier molecular flexibility index (Phi) is 11.3. The Bertz CT molecular complexity index is 1990. The molecule has 3 aliphatic heterocycles. The molecule has 2 fully saturated rings. The summed E-state index contributed by atoms with van der Waals surface area (Å²) in [5.74, 6) is -1.44. The van der Waals surface area contributed by atoms with E-state index in [0.717, 1.165) is 43.6 Å². The second-order valence-corrected chi connectivity index (χ2v) is 16.3. The maximum absolute atomic E-state index is 13.6. The van der Waals surface area contributed by atoms with Gasteiger partial charge in [-0.15, -0.1) is 0 Å². The highest BCUT2D eigenvalue weighted by molar-refractivity contribution is 7.89. The van der Waals surface area contributed by atoms with E-state index in [1.54, 1.807) is 21.9 Å². The number of rotatable bonds is 10. The minimum absolute atomic E-state index is 0.0525. The molecule has 53 heavy (non-hydrogen) atoms. The number of hydrogen-bond donors (Lipinski definition) is 4. The van der Waals surface area contributed by atoms with Crippen LogP contribution in [0, 0.1) is 0 Å². The zero-order valence-corrected chi connectivity index (χ0v) is 31.0. The highest BCUT2D eigenvalue weighted by atomic mass is 35.5. The number of halogens is 5. The predicted octanol–water partition coefficient (Wildman–Crippen LogP) is 5.05. The molecule has 3 amide bonds. The van der Waals surface area contributed by atoms with E-state index >= 15 is 0 Å². The van der Waals surface area contributed by atoms with Gasteiger partial charge in [-0.25, -0.2) is 13.2 Å². The molecule has 0 spiro atoms. The fourth-order valence-corrected chi connectivity index (χ4v) is 9.25.